The highest BCUT2D eigenvalue weighted by Gasteiger charge is 2.27. The van der Waals surface area contributed by atoms with Gasteiger partial charge >= 0.3 is 0 Å². The van der Waals surface area contributed by atoms with E-state index in [9.17, 15) is 13.2 Å². The molecule has 1 fully saturated rings. The van der Waals surface area contributed by atoms with Gasteiger partial charge in [0.1, 0.15) is 0 Å². The van der Waals surface area contributed by atoms with Gasteiger partial charge in [-0.05, 0) is 49.9 Å². The molecule has 1 aliphatic rings. The van der Waals surface area contributed by atoms with Crippen LogP contribution in [-0.2, 0) is 14.8 Å². The third-order valence-electron chi connectivity index (χ3n) is 4.02. The van der Waals surface area contributed by atoms with E-state index < -0.39 is 10.0 Å². The highest BCUT2D eigenvalue weighted by atomic mass is 79.9. The number of hydrogen-bond acceptors (Lipinski definition) is 4. The Kier molecular flexibility index (Phi) is 7.15. The summed E-state index contributed by atoms with van der Waals surface area (Å²) in [5.41, 5.74) is 1.14. The average molecular weight is 435 g/mol. The van der Waals surface area contributed by atoms with Gasteiger partial charge in [-0.25, -0.2) is 13.1 Å². The van der Waals surface area contributed by atoms with Gasteiger partial charge in [0.05, 0.1) is 12.0 Å². The van der Waals surface area contributed by atoms with Crippen molar-refractivity contribution in [3.63, 3.8) is 0 Å². The van der Waals surface area contributed by atoms with Gasteiger partial charge < -0.3 is 4.90 Å². The van der Waals surface area contributed by atoms with E-state index in [0.717, 1.165) is 40.4 Å². The van der Waals surface area contributed by atoms with Gasteiger partial charge in [0.2, 0.25) is 15.9 Å². The first kappa shape index (κ1) is 19.8. The SMILES string of the molecule is Cc1cc(Br)ccc1SCC(=O)N1CCCCC1CNS(C)(=O)=O. The van der Waals surface area contributed by atoms with Gasteiger partial charge in [0.15, 0.2) is 0 Å². The van der Waals surface area contributed by atoms with Crippen LogP contribution in [0.25, 0.3) is 0 Å². The van der Waals surface area contributed by atoms with Crippen molar-refractivity contribution < 1.29 is 13.2 Å². The second-order valence-electron chi connectivity index (χ2n) is 6.06. The van der Waals surface area contributed by atoms with Crippen molar-refractivity contribution >= 4 is 43.6 Å². The van der Waals surface area contributed by atoms with E-state index in [1.54, 1.807) is 0 Å². The van der Waals surface area contributed by atoms with E-state index >= 15 is 0 Å². The van der Waals surface area contributed by atoms with Crippen molar-refractivity contribution in [3.05, 3.63) is 28.2 Å². The average Bonchev–Trinajstić information content (AvgIpc) is 2.51. The predicted molar refractivity (Wildman–Crippen MR) is 102 cm³/mol. The summed E-state index contributed by atoms with van der Waals surface area (Å²) in [6.07, 6.45) is 3.99. The Labute approximate surface area is 156 Å². The summed E-state index contributed by atoms with van der Waals surface area (Å²) >= 11 is 4.97. The Hall–Kier alpha value is -0.570. The number of rotatable bonds is 6. The molecule has 1 amide bonds. The number of sulfonamides is 1. The lowest BCUT2D eigenvalue weighted by atomic mass is 10.0. The van der Waals surface area contributed by atoms with Crippen LogP contribution in [-0.4, -0.2) is 50.4 Å². The van der Waals surface area contributed by atoms with E-state index in [4.69, 9.17) is 0 Å². The van der Waals surface area contributed by atoms with E-state index in [1.165, 1.54) is 11.8 Å². The molecule has 8 heteroatoms. The maximum atomic E-state index is 12.6. The molecule has 24 heavy (non-hydrogen) atoms. The van der Waals surface area contributed by atoms with E-state index in [0.29, 0.717) is 18.8 Å². The number of halogens is 1. The lowest BCUT2D eigenvalue weighted by Crippen LogP contribution is -2.49. The number of carbonyl (C=O) groups excluding carboxylic acids is 1. The number of carbonyl (C=O) groups is 1. The summed E-state index contributed by atoms with van der Waals surface area (Å²) in [7, 11) is -3.24. The molecule has 1 unspecified atom stereocenters. The predicted octanol–water partition coefficient (Wildman–Crippen LogP) is 2.78. The number of likely N-dealkylation sites (tertiary alicyclic amines) is 1. The third kappa shape index (κ3) is 6.06. The zero-order chi connectivity index (χ0) is 17.7. The van der Waals surface area contributed by atoms with Crippen molar-refractivity contribution in [2.45, 2.75) is 37.1 Å². The number of piperidine rings is 1. The Morgan fingerprint density at radius 1 is 1.42 bits per heavy atom. The molecule has 0 aliphatic carbocycles. The molecule has 0 bridgehead atoms. The maximum absolute atomic E-state index is 12.6. The number of benzene rings is 1. The van der Waals surface area contributed by atoms with E-state index in [2.05, 4.69) is 20.7 Å². The molecule has 0 aromatic heterocycles. The molecular formula is C16H23BrN2O3S2. The standard InChI is InChI=1S/C16H23BrN2O3S2/c1-12-9-13(17)6-7-15(12)23-11-16(20)19-8-4-3-5-14(19)10-18-24(2,21)22/h6-7,9,14,18H,3-5,8,10-11H2,1-2H3. The first-order chi connectivity index (χ1) is 11.3. The minimum absolute atomic E-state index is 0.0485. The summed E-state index contributed by atoms with van der Waals surface area (Å²) < 4.78 is 26.2. The van der Waals surface area contributed by atoms with E-state index in [-0.39, 0.29) is 11.9 Å². The number of thioether (sulfide) groups is 1. The number of nitrogens with zero attached hydrogens (tertiary/aromatic N) is 1. The van der Waals surface area contributed by atoms with Gasteiger partial charge in [0, 0.05) is 28.5 Å². The normalized spacial score (nSPS) is 18.6. The Balaban J connectivity index is 1.95. The Morgan fingerprint density at radius 2 is 2.17 bits per heavy atom. The third-order valence-corrected chi connectivity index (χ3v) is 6.36. The van der Waals surface area contributed by atoms with Crippen molar-refractivity contribution in [2.24, 2.45) is 0 Å². The minimum atomic E-state index is -3.24. The molecule has 134 valence electrons. The number of amides is 1. The fourth-order valence-corrected chi connectivity index (χ4v) is 4.65. The Bertz CT molecular complexity index is 695. The molecule has 1 N–H and O–H groups in total. The van der Waals surface area contributed by atoms with Gasteiger partial charge in [-0.2, -0.15) is 0 Å². The molecular weight excluding hydrogens is 412 g/mol. The molecule has 1 heterocycles. The lowest BCUT2D eigenvalue weighted by Gasteiger charge is -2.35. The second kappa shape index (κ2) is 8.69. The Morgan fingerprint density at radius 3 is 2.83 bits per heavy atom. The summed E-state index contributed by atoms with van der Waals surface area (Å²) in [4.78, 5) is 15.5. The highest BCUT2D eigenvalue weighted by Crippen LogP contribution is 2.26. The van der Waals surface area contributed by atoms with Crippen LogP contribution in [0.15, 0.2) is 27.6 Å². The van der Waals surface area contributed by atoms with E-state index in [1.807, 2.05) is 30.0 Å². The molecule has 1 aromatic carbocycles. The van der Waals surface area contributed by atoms with Crippen LogP contribution in [0.1, 0.15) is 24.8 Å². The van der Waals surface area contributed by atoms with Crippen LogP contribution < -0.4 is 4.72 Å². The van der Waals surface area contributed by atoms with Gasteiger partial charge in [-0.1, -0.05) is 15.9 Å². The molecule has 0 spiro atoms. The van der Waals surface area contributed by atoms with Gasteiger partial charge in [-0.15, -0.1) is 11.8 Å². The van der Waals surface area contributed by atoms with Crippen LogP contribution in [0.2, 0.25) is 0 Å². The second-order valence-corrected chi connectivity index (χ2v) is 9.82. The molecule has 1 atom stereocenters. The zero-order valence-electron chi connectivity index (χ0n) is 13.9. The van der Waals surface area contributed by atoms with Gasteiger partial charge in [-0.3, -0.25) is 4.79 Å². The topological polar surface area (TPSA) is 66.5 Å². The van der Waals surface area contributed by atoms with Crippen LogP contribution >= 0.6 is 27.7 Å². The monoisotopic (exact) mass is 434 g/mol. The quantitative estimate of drug-likeness (QED) is 0.698. The van der Waals surface area contributed by atoms with Crippen molar-refractivity contribution in [1.82, 2.24) is 9.62 Å². The molecule has 1 aliphatic heterocycles. The van der Waals surface area contributed by atoms with Crippen molar-refractivity contribution in [3.8, 4) is 0 Å². The molecule has 0 saturated carbocycles. The van der Waals surface area contributed by atoms with Crippen LogP contribution in [0.3, 0.4) is 0 Å². The lowest BCUT2D eigenvalue weighted by molar-refractivity contribution is -0.131. The molecule has 1 aromatic rings. The van der Waals surface area contributed by atoms with Crippen molar-refractivity contribution in [2.75, 3.05) is 25.1 Å². The minimum Gasteiger partial charge on any atom is -0.338 e. The fourth-order valence-electron chi connectivity index (χ4n) is 2.79. The maximum Gasteiger partial charge on any atom is 0.233 e. The molecule has 0 radical (unpaired) electrons. The smallest absolute Gasteiger partial charge is 0.233 e. The summed E-state index contributed by atoms with van der Waals surface area (Å²) in [5, 5.41) is 0. The molecule has 2 rings (SSSR count). The fraction of sp³-hybridized carbons (Fsp3) is 0.562. The molecule has 1 saturated heterocycles. The number of aryl methyl sites for hydroxylation is 1. The largest absolute Gasteiger partial charge is 0.338 e. The zero-order valence-corrected chi connectivity index (χ0v) is 17.1. The highest BCUT2D eigenvalue weighted by molar-refractivity contribution is 9.10. The van der Waals surface area contributed by atoms with Crippen molar-refractivity contribution in [1.29, 1.82) is 0 Å². The number of hydrogen-bond donors (Lipinski definition) is 1. The summed E-state index contributed by atoms with van der Waals surface area (Å²) in [6.45, 7) is 3.03. The van der Waals surface area contributed by atoms with Crippen LogP contribution in [0.4, 0.5) is 0 Å². The molecule has 5 nitrogen and oxygen atoms in total. The summed E-state index contributed by atoms with van der Waals surface area (Å²) in [6, 6.07) is 5.97. The van der Waals surface area contributed by atoms with Crippen LogP contribution in [0.5, 0.6) is 0 Å². The first-order valence-electron chi connectivity index (χ1n) is 7.89. The van der Waals surface area contributed by atoms with Crippen LogP contribution in [0, 0.1) is 6.92 Å². The van der Waals surface area contributed by atoms with Gasteiger partial charge in [0.25, 0.3) is 0 Å². The first-order valence-corrected chi connectivity index (χ1v) is 11.6. The number of nitrogens with one attached hydrogen (secondary N) is 1. The summed E-state index contributed by atoms with van der Waals surface area (Å²) in [5.74, 6) is 0.444.